The van der Waals surface area contributed by atoms with Gasteiger partial charge in [0.05, 0.1) is 28.7 Å². The molecule has 1 aromatic heterocycles. The molecule has 3 aromatic rings. The van der Waals surface area contributed by atoms with E-state index in [0.29, 0.717) is 37.5 Å². The predicted octanol–water partition coefficient (Wildman–Crippen LogP) is 2.93. The highest BCUT2D eigenvalue weighted by molar-refractivity contribution is 6.02. The number of nitrogens with one attached hydrogen (secondary N) is 1. The van der Waals surface area contributed by atoms with Crippen molar-refractivity contribution in [3.63, 3.8) is 0 Å². The third kappa shape index (κ3) is 4.17. The van der Waals surface area contributed by atoms with Crippen molar-refractivity contribution in [3.8, 4) is 5.75 Å². The van der Waals surface area contributed by atoms with Gasteiger partial charge in [-0.2, -0.15) is 5.10 Å². The zero-order valence-corrected chi connectivity index (χ0v) is 21.0. The van der Waals surface area contributed by atoms with Crippen LogP contribution in [0.15, 0.2) is 35.3 Å². The molecule has 0 atom stereocenters. The summed E-state index contributed by atoms with van der Waals surface area (Å²) in [5.74, 6) is 0.405. The molecule has 2 aromatic carbocycles. The number of hydrogen-bond acceptors (Lipinski definition) is 7. The monoisotopic (exact) mass is 488 g/mol. The van der Waals surface area contributed by atoms with E-state index in [1.54, 1.807) is 17.0 Å². The number of aromatic nitrogens is 2. The van der Waals surface area contributed by atoms with Crippen LogP contribution in [0.5, 0.6) is 5.75 Å². The van der Waals surface area contributed by atoms with Crippen LogP contribution in [0.25, 0.3) is 10.9 Å². The summed E-state index contributed by atoms with van der Waals surface area (Å²) in [7, 11) is 2.15. The van der Waals surface area contributed by atoms with E-state index in [-0.39, 0.29) is 22.8 Å². The number of likely N-dealkylation sites (N-methyl/N-ethyl adjacent to an activating group) is 1. The highest BCUT2D eigenvalue weighted by Crippen LogP contribution is 2.33. The van der Waals surface area contributed by atoms with Gasteiger partial charge in [-0.15, -0.1) is 0 Å². The molecule has 0 bridgehead atoms. The highest BCUT2D eigenvalue weighted by atomic mass is 16.5. The zero-order valence-electron chi connectivity index (χ0n) is 21.0. The fourth-order valence-electron chi connectivity index (χ4n) is 5.27. The topological polar surface area (TPSA) is 97.3 Å². The number of nitrogens with zero attached hydrogens (tertiary/aromatic N) is 5. The molecule has 1 amide bonds. The Bertz CT molecular complexity index is 1370. The summed E-state index contributed by atoms with van der Waals surface area (Å²) in [6.07, 6.45) is 0.437. The number of aromatic hydroxyl groups is 1. The summed E-state index contributed by atoms with van der Waals surface area (Å²) in [4.78, 5) is 24.7. The first kappa shape index (κ1) is 22.8. The van der Waals surface area contributed by atoms with E-state index in [1.165, 1.54) is 11.3 Å². The number of carbonyl (C=O) groups is 1. The Hall–Kier alpha value is -3.59. The van der Waals surface area contributed by atoms with Crippen LogP contribution in [0, 0.1) is 0 Å². The van der Waals surface area contributed by atoms with Crippen LogP contribution in [-0.4, -0.2) is 82.3 Å². The maximum absolute atomic E-state index is 13.5. The summed E-state index contributed by atoms with van der Waals surface area (Å²) in [6.45, 7) is 9.79. The number of hydrogen-bond donors (Lipinski definition) is 2. The van der Waals surface area contributed by atoms with E-state index in [1.807, 2.05) is 13.8 Å². The Kier molecular flexibility index (Phi) is 5.40. The van der Waals surface area contributed by atoms with E-state index in [2.05, 4.69) is 50.2 Å². The van der Waals surface area contributed by atoms with Crippen molar-refractivity contribution in [1.82, 2.24) is 20.0 Å². The summed E-state index contributed by atoms with van der Waals surface area (Å²) < 4.78 is 5.73. The van der Waals surface area contributed by atoms with Crippen molar-refractivity contribution < 1.29 is 14.6 Å². The Balaban J connectivity index is 1.22. The number of carbonyl (C=O) groups excluding carboxylic acids is 1. The number of anilines is 1. The first-order chi connectivity index (χ1) is 17.3. The molecule has 4 heterocycles. The van der Waals surface area contributed by atoms with Gasteiger partial charge < -0.3 is 24.5 Å². The average molecular weight is 489 g/mol. The zero-order chi connectivity index (χ0) is 25.0. The number of benzene rings is 2. The second-order valence-corrected chi connectivity index (χ2v) is 10.8. The Labute approximate surface area is 210 Å². The van der Waals surface area contributed by atoms with Crippen molar-refractivity contribution in [3.05, 3.63) is 52.7 Å². The molecule has 9 heteroatoms. The van der Waals surface area contributed by atoms with Gasteiger partial charge in [0.25, 0.3) is 5.91 Å². The van der Waals surface area contributed by atoms with Crippen LogP contribution in [-0.2, 0) is 24.2 Å². The maximum atomic E-state index is 13.5. The lowest BCUT2D eigenvalue weighted by molar-refractivity contribution is 0.0748. The van der Waals surface area contributed by atoms with Gasteiger partial charge >= 0.3 is 0 Å². The van der Waals surface area contributed by atoms with Gasteiger partial charge in [0.15, 0.2) is 5.90 Å². The lowest BCUT2D eigenvalue weighted by atomic mass is 10.1. The number of aliphatic imine (C=N–C) groups is 1. The molecule has 9 nitrogen and oxygen atoms in total. The minimum absolute atomic E-state index is 0.0487. The van der Waals surface area contributed by atoms with Gasteiger partial charge in [-0.1, -0.05) is 6.07 Å². The van der Waals surface area contributed by atoms with E-state index in [4.69, 9.17) is 4.74 Å². The van der Waals surface area contributed by atoms with Crippen molar-refractivity contribution in [1.29, 1.82) is 0 Å². The lowest BCUT2D eigenvalue weighted by Gasteiger charge is -2.34. The number of phenolic OH excluding ortho intramolecular Hbond substituents is 1. The number of amides is 1. The molecule has 1 fully saturated rings. The Morgan fingerprint density at radius 1 is 1.11 bits per heavy atom. The highest BCUT2D eigenvalue weighted by Gasteiger charge is 2.29. The molecule has 36 heavy (non-hydrogen) atoms. The molecule has 188 valence electrons. The van der Waals surface area contributed by atoms with Crippen molar-refractivity contribution in [2.45, 2.75) is 38.9 Å². The molecule has 3 aliphatic rings. The predicted molar refractivity (Wildman–Crippen MR) is 139 cm³/mol. The number of ether oxygens (including phenoxy) is 1. The molecule has 3 aliphatic heterocycles. The van der Waals surface area contributed by atoms with Gasteiger partial charge in [-0.3, -0.25) is 9.89 Å². The van der Waals surface area contributed by atoms with Crippen LogP contribution in [0.4, 0.5) is 5.69 Å². The molecular weight excluding hydrogens is 456 g/mol. The second kappa shape index (κ2) is 8.51. The smallest absolute Gasteiger partial charge is 0.258 e. The summed E-state index contributed by atoms with van der Waals surface area (Å²) in [6, 6.07) is 9.83. The van der Waals surface area contributed by atoms with Gasteiger partial charge in [-0.05, 0) is 50.2 Å². The number of H-pyrrole nitrogens is 1. The maximum Gasteiger partial charge on any atom is 0.258 e. The third-order valence-corrected chi connectivity index (χ3v) is 7.39. The normalized spacial score (nSPS) is 19.5. The Morgan fingerprint density at radius 2 is 1.89 bits per heavy atom. The molecule has 6 rings (SSSR count). The molecule has 2 N–H and O–H groups in total. The largest absolute Gasteiger partial charge is 0.507 e. The number of aromatic amines is 1. The second-order valence-electron chi connectivity index (χ2n) is 10.8. The van der Waals surface area contributed by atoms with E-state index in [0.717, 1.165) is 42.8 Å². The fraction of sp³-hybridized carbons (Fsp3) is 0.444. The first-order valence-corrected chi connectivity index (χ1v) is 12.5. The molecule has 0 spiro atoms. The van der Waals surface area contributed by atoms with E-state index < -0.39 is 0 Å². The summed E-state index contributed by atoms with van der Waals surface area (Å²) in [5.41, 5.74) is 5.01. The van der Waals surface area contributed by atoms with Crippen LogP contribution >= 0.6 is 0 Å². The van der Waals surface area contributed by atoms with E-state index in [9.17, 15) is 9.90 Å². The van der Waals surface area contributed by atoms with Gasteiger partial charge in [-0.25, -0.2) is 4.99 Å². The minimum atomic E-state index is -0.240. The number of rotatable bonds is 4. The standard InChI is InChI=1S/C27H32N6O3/c1-27(2)16-36-25(28-27)13-23-20-11-21(24(34)12-22(20)29-30-23)26(35)33-14-17-4-5-19(10-18(17)15-33)32-8-6-31(3)7-9-32/h4-5,10-12,34H,6-9,13-16H2,1-3H3,(H,29,30). The van der Waals surface area contributed by atoms with Gasteiger partial charge in [0, 0.05) is 56.4 Å². The Morgan fingerprint density at radius 3 is 2.64 bits per heavy atom. The van der Waals surface area contributed by atoms with Crippen LogP contribution in [0.2, 0.25) is 0 Å². The molecule has 0 saturated carbocycles. The van der Waals surface area contributed by atoms with Crippen molar-refractivity contribution in [2.75, 3.05) is 44.7 Å². The molecule has 0 radical (unpaired) electrons. The molecule has 0 unspecified atom stereocenters. The minimum Gasteiger partial charge on any atom is -0.507 e. The third-order valence-electron chi connectivity index (χ3n) is 7.39. The van der Waals surface area contributed by atoms with Crippen LogP contribution < -0.4 is 4.90 Å². The number of fused-ring (bicyclic) bond motifs is 2. The number of phenols is 1. The SMILES string of the molecule is CN1CCN(c2ccc3c(c2)CN(C(=O)c2cc4c(CC5=NC(C)(C)CO5)n[nH]c4cc2O)C3)CC1. The van der Waals surface area contributed by atoms with Crippen molar-refractivity contribution >= 4 is 28.4 Å². The van der Waals surface area contributed by atoms with Crippen LogP contribution in [0.3, 0.4) is 0 Å². The summed E-state index contributed by atoms with van der Waals surface area (Å²) in [5, 5.41) is 18.9. The van der Waals surface area contributed by atoms with Gasteiger partial charge in [0.1, 0.15) is 12.4 Å². The quantitative estimate of drug-likeness (QED) is 0.586. The fourth-order valence-corrected chi connectivity index (χ4v) is 5.27. The lowest BCUT2D eigenvalue weighted by Crippen LogP contribution is -2.44. The van der Waals surface area contributed by atoms with Gasteiger partial charge in [0.2, 0.25) is 0 Å². The molecule has 0 aliphatic carbocycles. The molecular formula is C27H32N6O3. The first-order valence-electron chi connectivity index (χ1n) is 12.5. The van der Waals surface area contributed by atoms with Crippen molar-refractivity contribution in [2.24, 2.45) is 4.99 Å². The average Bonchev–Trinajstić information content (AvgIpc) is 3.54. The summed E-state index contributed by atoms with van der Waals surface area (Å²) >= 11 is 0. The van der Waals surface area contributed by atoms with Crippen LogP contribution in [0.1, 0.15) is 41.0 Å². The van der Waals surface area contributed by atoms with E-state index >= 15 is 0 Å². The number of piperazine rings is 1. The molecule has 1 saturated heterocycles.